The number of amides is 1. The van der Waals surface area contributed by atoms with Crippen LogP contribution < -0.4 is 10.0 Å². The summed E-state index contributed by atoms with van der Waals surface area (Å²) in [6.07, 6.45) is 2.94. The van der Waals surface area contributed by atoms with Gasteiger partial charge in [-0.05, 0) is 37.0 Å². The van der Waals surface area contributed by atoms with Crippen LogP contribution in [0, 0.1) is 5.92 Å². The molecule has 1 aromatic carbocycles. The highest BCUT2D eigenvalue weighted by molar-refractivity contribution is 7.92. The second-order valence-corrected chi connectivity index (χ2v) is 10.6. The molecule has 0 unspecified atom stereocenters. The van der Waals surface area contributed by atoms with Gasteiger partial charge in [0.2, 0.25) is 26.0 Å². The van der Waals surface area contributed by atoms with Crippen molar-refractivity contribution in [3.63, 3.8) is 0 Å². The summed E-state index contributed by atoms with van der Waals surface area (Å²) in [7, 11) is -6.67. The van der Waals surface area contributed by atoms with E-state index in [-0.39, 0.29) is 30.7 Å². The normalized spacial score (nSPS) is 18.8. The second kappa shape index (κ2) is 9.03. The van der Waals surface area contributed by atoms with Crippen molar-refractivity contribution in [2.75, 3.05) is 29.8 Å². The molecule has 0 spiro atoms. The molecule has 1 aliphatic rings. The lowest BCUT2D eigenvalue weighted by Gasteiger charge is -2.31. The maximum atomic E-state index is 12.5. The van der Waals surface area contributed by atoms with Gasteiger partial charge in [0, 0.05) is 25.3 Å². The quantitative estimate of drug-likeness (QED) is 0.658. The number of anilines is 1. The predicted octanol–water partition coefficient (Wildman–Crippen LogP) is 1.13. The molecule has 1 aliphatic heterocycles. The summed E-state index contributed by atoms with van der Waals surface area (Å²) >= 11 is 0. The standard InChI is InChI=1S/C17H27N3O5S2/c1-3-10-27(24,25)20-9-5-7-15(13-20)17(21)18-12-14-6-4-8-16(11-14)19-26(2,22)23/h4,6,8,11,15,19H,3,5,7,9-10,12-13H2,1-2H3,(H,18,21)/t15-/m1/s1. The van der Waals surface area contributed by atoms with Crippen LogP contribution >= 0.6 is 0 Å². The number of piperidine rings is 1. The molecule has 0 aromatic heterocycles. The van der Waals surface area contributed by atoms with Crippen LogP contribution in [0.5, 0.6) is 0 Å². The van der Waals surface area contributed by atoms with E-state index in [1.807, 2.05) is 6.92 Å². The van der Waals surface area contributed by atoms with E-state index in [2.05, 4.69) is 10.0 Å². The fraction of sp³-hybridized carbons (Fsp3) is 0.588. The van der Waals surface area contributed by atoms with Crippen molar-refractivity contribution < 1.29 is 21.6 Å². The maximum absolute atomic E-state index is 12.5. The fourth-order valence-corrected chi connectivity index (χ4v) is 5.23. The molecule has 0 aliphatic carbocycles. The predicted molar refractivity (Wildman–Crippen MR) is 105 cm³/mol. The zero-order chi connectivity index (χ0) is 20.1. The number of hydrogen-bond donors (Lipinski definition) is 2. The first-order chi connectivity index (χ1) is 12.6. The van der Waals surface area contributed by atoms with E-state index >= 15 is 0 Å². The monoisotopic (exact) mass is 417 g/mol. The van der Waals surface area contributed by atoms with Gasteiger partial charge in [0.25, 0.3) is 0 Å². The number of nitrogens with zero attached hydrogens (tertiary/aromatic N) is 1. The topological polar surface area (TPSA) is 113 Å². The number of carbonyl (C=O) groups excluding carboxylic acids is 1. The van der Waals surface area contributed by atoms with Gasteiger partial charge in [-0.3, -0.25) is 9.52 Å². The molecule has 1 fully saturated rings. The largest absolute Gasteiger partial charge is 0.352 e. The lowest BCUT2D eigenvalue weighted by molar-refractivity contribution is -0.126. The smallest absolute Gasteiger partial charge is 0.229 e. The van der Waals surface area contributed by atoms with Crippen molar-refractivity contribution in [1.82, 2.24) is 9.62 Å². The van der Waals surface area contributed by atoms with Crippen molar-refractivity contribution in [3.8, 4) is 0 Å². The number of hydrogen-bond acceptors (Lipinski definition) is 5. The van der Waals surface area contributed by atoms with Crippen molar-refractivity contribution in [2.45, 2.75) is 32.7 Å². The Labute approximate surface area is 161 Å². The highest BCUT2D eigenvalue weighted by Crippen LogP contribution is 2.20. The molecule has 1 atom stereocenters. The van der Waals surface area contributed by atoms with Crippen molar-refractivity contribution >= 4 is 31.6 Å². The molecule has 8 nitrogen and oxygen atoms in total. The minimum atomic E-state index is -3.37. The van der Waals surface area contributed by atoms with E-state index in [0.717, 1.165) is 11.8 Å². The van der Waals surface area contributed by atoms with Gasteiger partial charge in [0.15, 0.2) is 0 Å². The Morgan fingerprint density at radius 3 is 2.67 bits per heavy atom. The van der Waals surface area contributed by atoms with Crippen LogP contribution in [-0.4, -0.2) is 52.1 Å². The summed E-state index contributed by atoms with van der Waals surface area (Å²) in [4.78, 5) is 12.5. The van der Waals surface area contributed by atoms with Gasteiger partial charge in [0.05, 0.1) is 17.9 Å². The summed E-state index contributed by atoms with van der Waals surface area (Å²) in [5.41, 5.74) is 1.18. The first kappa shape index (κ1) is 21.6. The third kappa shape index (κ3) is 6.78. The van der Waals surface area contributed by atoms with Gasteiger partial charge in [-0.2, -0.15) is 0 Å². The number of rotatable bonds is 8. The number of nitrogens with one attached hydrogen (secondary N) is 2. The molecular formula is C17H27N3O5S2. The minimum absolute atomic E-state index is 0.0987. The highest BCUT2D eigenvalue weighted by Gasteiger charge is 2.31. The Balaban J connectivity index is 1.94. The maximum Gasteiger partial charge on any atom is 0.229 e. The van der Waals surface area contributed by atoms with E-state index in [1.54, 1.807) is 24.3 Å². The summed E-state index contributed by atoms with van der Waals surface area (Å²) < 4.78 is 50.9. The Kier molecular flexibility index (Phi) is 7.24. The van der Waals surface area contributed by atoms with E-state index in [9.17, 15) is 21.6 Å². The van der Waals surface area contributed by atoms with Crippen molar-refractivity contribution in [3.05, 3.63) is 29.8 Å². The molecule has 1 saturated heterocycles. The third-order valence-corrected chi connectivity index (χ3v) is 6.96. The Bertz CT molecular complexity index is 868. The van der Waals surface area contributed by atoms with Crippen LogP contribution in [-0.2, 0) is 31.4 Å². The first-order valence-corrected chi connectivity index (χ1v) is 12.4. The summed E-state index contributed by atoms with van der Waals surface area (Å²) in [6, 6.07) is 6.77. The summed E-state index contributed by atoms with van der Waals surface area (Å²) in [6.45, 7) is 2.74. The van der Waals surface area contributed by atoms with Crippen LogP contribution in [0.4, 0.5) is 5.69 Å². The third-order valence-electron chi connectivity index (χ3n) is 4.31. The Hall–Kier alpha value is -1.65. The first-order valence-electron chi connectivity index (χ1n) is 8.93. The van der Waals surface area contributed by atoms with E-state index < -0.39 is 20.0 Å². The molecule has 1 heterocycles. The SMILES string of the molecule is CCCS(=O)(=O)N1CCC[C@@H](C(=O)NCc2cccc(NS(C)(=O)=O)c2)C1. The van der Waals surface area contributed by atoms with Crippen LogP contribution in [0.2, 0.25) is 0 Å². The van der Waals surface area contributed by atoms with Crippen molar-refractivity contribution in [2.24, 2.45) is 5.92 Å². The van der Waals surface area contributed by atoms with Crippen LogP contribution in [0.3, 0.4) is 0 Å². The molecule has 1 amide bonds. The molecule has 1 aromatic rings. The van der Waals surface area contributed by atoms with Gasteiger partial charge in [-0.15, -0.1) is 0 Å². The van der Waals surface area contributed by atoms with E-state index in [0.29, 0.717) is 31.5 Å². The molecule has 2 N–H and O–H groups in total. The molecule has 27 heavy (non-hydrogen) atoms. The van der Waals surface area contributed by atoms with Crippen LogP contribution in [0.15, 0.2) is 24.3 Å². The molecule has 0 radical (unpaired) electrons. The fourth-order valence-electron chi connectivity index (χ4n) is 3.09. The van der Waals surface area contributed by atoms with Crippen LogP contribution in [0.25, 0.3) is 0 Å². The average Bonchev–Trinajstić information content (AvgIpc) is 2.58. The zero-order valence-corrected chi connectivity index (χ0v) is 17.3. The second-order valence-electron chi connectivity index (χ2n) is 6.81. The number of benzene rings is 1. The zero-order valence-electron chi connectivity index (χ0n) is 15.6. The minimum Gasteiger partial charge on any atom is -0.352 e. The molecule has 152 valence electrons. The van der Waals surface area contributed by atoms with Gasteiger partial charge in [0.1, 0.15) is 0 Å². The summed E-state index contributed by atoms with van der Waals surface area (Å²) in [5, 5.41) is 2.83. The van der Waals surface area contributed by atoms with Gasteiger partial charge < -0.3 is 5.32 Å². The van der Waals surface area contributed by atoms with E-state index in [1.165, 1.54) is 4.31 Å². The molecule has 2 rings (SSSR count). The molecule has 0 saturated carbocycles. The Morgan fingerprint density at radius 2 is 2.00 bits per heavy atom. The highest BCUT2D eigenvalue weighted by atomic mass is 32.2. The number of sulfonamides is 2. The number of carbonyl (C=O) groups is 1. The lowest BCUT2D eigenvalue weighted by Crippen LogP contribution is -2.45. The van der Waals surface area contributed by atoms with Gasteiger partial charge in [-0.1, -0.05) is 19.1 Å². The van der Waals surface area contributed by atoms with Crippen LogP contribution in [0.1, 0.15) is 31.7 Å². The van der Waals surface area contributed by atoms with Crippen molar-refractivity contribution in [1.29, 1.82) is 0 Å². The molecule has 0 bridgehead atoms. The summed E-state index contributed by atoms with van der Waals surface area (Å²) in [5.74, 6) is -0.461. The Morgan fingerprint density at radius 1 is 1.26 bits per heavy atom. The molecular weight excluding hydrogens is 390 g/mol. The molecule has 10 heteroatoms. The average molecular weight is 418 g/mol. The lowest BCUT2D eigenvalue weighted by atomic mass is 9.99. The van der Waals surface area contributed by atoms with Gasteiger partial charge >= 0.3 is 0 Å². The van der Waals surface area contributed by atoms with Gasteiger partial charge in [-0.25, -0.2) is 21.1 Å². The van der Waals surface area contributed by atoms with E-state index in [4.69, 9.17) is 0 Å².